The molecule has 0 aromatic heterocycles. The first kappa shape index (κ1) is 21.5. The summed E-state index contributed by atoms with van der Waals surface area (Å²) in [5.41, 5.74) is 0. The van der Waals surface area contributed by atoms with Crippen LogP contribution in [0.25, 0.3) is 0 Å². The molecule has 1 aliphatic rings. The van der Waals surface area contributed by atoms with Crippen LogP contribution in [0, 0.1) is 11.8 Å². The number of ether oxygens (including phenoxy) is 1. The molecule has 0 N–H and O–H groups in total. The van der Waals surface area contributed by atoms with Crippen molar-refractivity contribution < 1.29 is 9.53 Å². The van der Waals surface area contributed by atoms with Crippen molar-refractivity contribution in [2.45, 2.75) is 117 Å². The van der Waals surface area contributed by atoms with Crippen LogP contribution in [-0.2, 0) is 9.53 Å². The molecule has 0 radical (unpaired) electrons. The van der Waals surface area contributed by atoms with Gasteiger partial charge in [0.05, 0.1) is 12.5 Å². The Morgan fingerprint density at radius 2 is 1.33 bits per heavy atom. The predicted octanol–water partition coefficient (Wildman–Crippen LogP) is 7.06. The molecule has 2 heteroatoms. The third-order valence-corrected chi connectivity index (χ3v) is 5.58. The predicted molar refractivity (Wildman–Crippen MR) is 103 cm³/mol. The minimum absolute atomic E-state index is 0.0917. The van der Waals surface area contributed by atoms with Crippen molar-refractivity contribution in [3.63, 3.8) is 0 Å². The molecule has 1 fully saturated rings. The van der Waals surface area contributed by atoms with E-state index in [4.69, 9.17) is 4.74 Å². The number of rotatable bonds is 15. The fourth-order valence-corrected chi connectivity index (χ4v) is 3.86. The number of hydrogen-bond acceptors (Lipinski definition) is 2. The largest absolute Gasteiger partial charge is 0.465 e. The van der Waals surface area contributed by atoms with Crippen molar-refractivity contribution in [2.24, 2.45) is 11.8 Å². The molecule has 1 rings (SSSR count). The summed E-state index contributed by atoms with van der Waals surface area (Å²) in [6.07, 6.45) is 20.4. The minimum Gasteiger partial charge on any atom is -0.465 e. The van der Waals surface area contributed by atoms with Gasteiger partial charge in [0.25, 0.3) is 0 Å². The van der Waals surface area contributed by atoms with Gasteiger partial charge in [-0.2, -0.15) is 0 Å². The van der Waals surface area contributed by atoms with Crippen molar-refractivity contribution in [3.05, 3.63) is 0 Å². The van der Waals surface area contributed by atoms with Crippen molar-refractivity contribution in [2.75, 3.05) is 6.61 Å². The maximum atomic E-state index is 12.2. The maximum absolute atomic E-state index is 12.2. The number of esters is 1. The monoisotopic (exact) mass is 338 g/mol. The van der Waals surface area contributed by atoms with Crippen molar-refractivity contribution >= 4 is 5.97 Å². The van der Waals surface area contributed by atoms with Gasteiger partial charge in [-0.15, -0.1) is 0 Å². The van der Waals surface area contributed by atoms with E-state index in [1.807, 2.05) is 0 Å². The lowest BCUT2D eigenvalue weighted by Crippen LogP contribution is -2.19. The van der Waals surface area contributed by atoms with E-state index in [1.54, 1.807) is 0 Å². The molecule has 0 saturated heterocycles. The Kier molecular flexibility index (Phi) is 13.3. The van der Waals surface area contributed by atoms with Crippen LogP contribution >= 0.6 is 0 Å². The molecule has 0 aromatic rings. The summed E-state index contributed by atoms with van der Waals surface area (Å²) >= 11 is 0. The van der Waals surface area contributed by atoms with E-state index >= 15 is 0 Å². The smallest absolute Gasteiger partial charge is 0.308 e. The topological polar surface area (TPSA) is 26.3 Å². The zero-order chi connectivity index (χ0) is 17.5. The van der Waals surface area contributed by atoms with Crippen LogP contribution in [0.3, 0.4) is 0 Å². The Balaban J connectivity index is 2.21. The molecular weight excluding hydrogens is 296 g/mol. The molecule has 2 nitrogen and oxygen atoms in total. The van der Waals surface area contributed by atoms with Gasteiger partial charge in [0.2, 0.25) is 0 Å². The quantitative estimate of drug-likeness (QED) is 0.236. The van der Waals surface area contributed by atoms with E-state index in [-0.39, 0.29) is 11.9 Å². The maximum Gasteiger partial charge on any atom is 0.308 e. The van der Waals surface area contributed by atoms with E-state index in [0.717, 1.165) is 12.8 Å². The average Bonchev–Trinajstić information content (AvgIpc) is 3.13. The third-order valence-electron chi connectivity index (χ3n) is 5.58. The molecule has 24 heavy (non-hydrogen) atoms. The SMILES string of the molecule is CCCCCCCCC(CCCCCC)COC(=O)C1CCCC1. The van der Waals surface area contributed by atoms with Gasteiger partial charge in [-0.25, -0.2) is 0 Å². The molecule has 0 spiro atoms. The lowest BCUT2D eigenvalue weighted by molar-refractivity contribution is -0.149. The molecule has 0 amide bonds. The van der Waals surface area contributed by atoms with E-state index < -0.39 is 0 Å². The summed E-state index contributed by atoms with van der Waals surface area (Å²) in [4.78, 5) is 12.2. The van der Waals surface area contributed by atoms with Gasteiger partial charge in [0.1, 0.15) is 0 Å². The Labute approximate surface area is 151 Å². The fraction of sp³-hybridized carbons (Fsp3) is 0.955. The van der Waals surface area contributed by atoms with Crippen LogP contribution < -0.4 is 0 Å². The van der Waals surface area contributed by atoms with Crippen molar-refractivity contribution in [1.29, 1.82) is 0 Å². The molecular formula is C22H42O2. The zero-order valence-electron chi connectivity index (χ0n) is 16.5. The van der Waals surface area contributed by atoms with Gasteiger partial charge in [0, 0.05) is 0 Å². The lowest BCUT2D eigenvalue weighted by Gasteiger charge is -2.18. The van der Waals surface area contributed by atoms with E-state index in [9.17, 15) is 4.79 Å². The molecule has 1 saturated carbocycles. The summed E-state index contributed by atoms with van der Waals surface area (Å²) in [6, 6.07) is 0. The molecule has 1 unspecified atom stereocenters. The van der Waals surface area contributed by atoms with E-state index in [2.05, 4.69) is 13.8 Å². The first-order chi connectivity index (χ1) is 11.8. The Morgan fingerprint density at radius 3 is 1.92 bits per heavy atom. The van der Waals surface area contributed by atoms with Gasteiger partial charge in [-0.3, -0.25) is 4.79 Å². The minimum atomic E-state index is 0.0917. The van der Waals surface area contributed by atoms with Gasteiger partial charge >= 0.3 is 5.97 Å². The number of unbranched alkanes of at least 4 members (excludes halogenated alkanes) is 8. The molecule has 1 aliphatic carbocycles. The van der Waals surface area contributed by atoms with E-state index in [0.29, 0.717) is 12.5 Å². The normalized spacial score (nSPS) is 16.4. The number of carbonyl (C=O) groups excluding carboxylic acids is 1. The molecule has 0 aromatic carbocycles. The van der Waals surface area contributed by atoms with Crippen LogP contribution in [-0.4, -0.2) is 12.6 Å². The van der Waals surface area contributed by atoms with Gasteiger partial charge in [0.15, 0.2) is 0 Å². The highest BCUT2D eigenvalue weighted by atomic mass is 16.5. The summed E-state index contributed by atoms with van der Waals surface area (Å²) in [6.45, 7) is 5.21. The van der Waals surface area contributed by atoms with Crippen LogP contribution in [0.4, 0.5) is 0 Å². The van der Waals surface area contributed by atoms with E-state index in [1.165, 1.54) is 89.9 Å². The van der Waals surface area contributed by atoms with Crippen molar-refractivity contribution in [3.8, 4) is 0 Å². The Hall–Kier alpha value is -0.530. The summed E-state index contributed by atoms with van der Waals surface area (Å²) in [5, 5.41) is 0. The number of carbonyl (C=O) groups is 1. The second kappa shape index (κ2) is 14.8. The van der Waals surface area contributed by atoms with Gasteiger partial charge < -0.3 is 4.74 Å². The average molecular weight is 339 g/mol. The van der Waals surface area contributed by atoms with Gasteiger partial charge in [-0.05, 0) is 31.6 Å². The lowest BCUT2D eigenvalue weighted by atomic mass is 9.95. The third kappa shape index (κ3) is 10.4. The first-order valence-corrected chi connectivity index (χ1v) is 10.9. The zero-order valence-corrected chi connectivity index (χ0v) is 16.5. The fourth-order valence-electron chi connectivity index (χ4n) is 3.86. The Bertz CT molecular complexity index is 294. The van der Waals surface area contributed by atoms with Crippen LogP contribution in [0.2, 0.25) is 0 Å². The summed E-state index contributed by atoms with van der Waals surface area (Å²) in [7, 11) is 0. The molecule has 1 atom stereocenters. The van der Waals surface area contributed by atoms with Crippen LogP contribution in [0.15, 0.2) is 0 Å². The highest BCUT2D eigenvalue weighted by Crippen LogP contribution is 2.26. The first-order valence-electron chi connectivity index (χ1n) is 10.9. The highest BCUT2D eigenvalue weighted by molar-refractivity contribution is 5.72. The van der Waals surface area contributed by atoms with Crippen LogP contribution in [0.5, 0.6) is 0 Å². The Morgan fingerprint density at radius 1 is 0.833 bits per heavy atom. The second-order valence-electron chi connectivity index (χ2n) is 7.88. The number of hydrogen-bond donors (Lipinski definition) is 0. The van der Waals surface area contributed by atoms with Gasteiger partial charge in [-0.1, -0.05) is 90.9 Å². The molecule has 142 valence electrons. The molecule has 0 bridgehead atoms. The standard InChI is InChI=1S/C22H42O2/c1-3-5-7-9-10-12-16-20(15-11-8-6-4-2)19-24-22(23)21-17-13-14-18-21/h20-21H,3-19H2,1-2H3. The molecule has 0 heterocycles. The summed E-state index contributed by atoms with van der Waals surface area (Å²) in [5.74, 6) is 0.896. The highest BCUT2D eigenvalue weighted by Gasteiger charge is 2.24. The second-order valence-corrected chi connectivity index (χ2v) is 7.88. The van der Waals surface area contributed by atoms with Crippen molar-refractivity contribution in [1.82, 2.24) is 0 Å². The van der Waals surface area contributed by atoms with Crippen LogP contribution in [0.1, 0.15) is 117 Å². The molecule has 0 aliphatic heterocycles. The summed E-state index contributed by atoms with van der Waals surface area (Å²) < 4.78 is 5.70.